The molecule has 0 amide bonds. The number of guanidine groups is 1. The van der Waals surface area contributed by atoms with Crippen LogP contribution in [0.4, 0.5) is 0 Å². The first kappa shape index (κ1) is 18.3. The molecule has 5 nitrogen and oxygen atoms in total. The summed E-state index contributed by atoms with van der Waals surface area (Å²) in [6, 6.07) is 6.12. The van der Waals surface area contributed by atoms with E-state index in [-0.39, 0.29) is 5.60 Å². The maximum Gasteiger partial charge on any atom is 0.191 e. The molecule has 0 fully saturated rings. The summed E-state index contributed by atoms with van der Waals surface area (Å²) in [5.74, 6) is 1.70. The summed E-state index contributed by atoms with van der Waals surface area (Å²) in [4.78, 5) is 4.62. The van der Waals surface area contributed by atoms with Gasteiger partial charge in [-0.1, -0.05) is 12.1 Å². The third kappa shape index (κ3) is 5.93. The van der Waals surface area contributed by atoms with Gasteiger partial charge in [0.1, 0.15) is 5.75 Å². The molecule has 0 aromatic heterocycles. The first-order chi connectivity index (χ1) is 10.4. The number of nitrogens with zero attached hydrogens (tertiary/aromatic N) is 1. The summed E-state index contributed by atoms with van der Waals surface area (Å²) in [6.07, 6.45) is 0. The molecule has 0 spiro atoms. The number of methoxy groups -OCH3 is 2. The van der Waals surface area contributed by atoms with Crippen LogP contribution in [0.3, 0.4) is 0 Å². The van der Waals surface area contributed by atoms with E-state index in [0.717, 1.165) is 29.4 Å². The monoisotopic (exact) mass is 307 g/mol. The van der Waals surface area contributed by atoms with Crippen LogP contribution in [0, 0.1) is 6.92 Å². The number of hydrogen-bond acceptors (Lipinski definition) is 3. The van der Waals surface area contributed by atoms with Crippen LogP contribution in [0.5, 0.6) is 5.75 Å². The fraction of sp³-hybridized carbons (Fsp3) is 0.588. The minimum absolute atomic E-state index is 0.229. The zero-order valence-corrected chi connectivity index (χ0v) is 14.6. The van der Waals surface area contributed by atoms with Crippen LogP contribution in [0.15, 0.2) is 23.2 Å². The van der Waals surface area contributed by atoms with E-state index in [1.807, 2.05) is 32.9 Å². The topological polar surface area (TPSA) is 54.9 Å². The van der Waals surface area contributed by atoms with E-state index in [9.17, 15) is 0 Å². The first-order valence-electron chi connectivity index (χ1n) is 7.62. The summed E-state index contributed by atoms with van der Waals surface area (Å²) in [7, 11) is 3.40. The van der Waals surface area contributed by atoms with Crippen LogP contribution >= 0.6 is 0 Å². The van der Waals surface area contributed by atoms with Gasteiger partial charge in [0.15, 0.2) is 5.96 Å². The Morgan fingerprint density at radius 1 is 1.23 bits per heavy atom. The number of aryl methyl sites for hydroxylation is 1. The van der Waals surface area contributed by atoms with Crippen molar-refractivity contribution in [2.24, 2.45) is 4.99 Å². The summed E-state index contributed by atoms with van der Waals surface area (Å²) in [5, 5.41) is 6.55. The van der Waals surface area contributed by atoms with Crippen molar-refractivity contribution in [2.75, 3.05) is 27.3 Å². The van der Waals surface area contributed by atoms with Gasteiger partial charge in [0.25, 0.3) is 0 Å². The fourth-order valence-electron chi connectivity index (χ4n) is 1.92. The standard InChI is InChI=1S/C17H29N3O2/c1-7-18-16(20-12-17(3,4)22-6)19-11-14-8-9-15(21-5)13(2)10-14/h8-10H,7,11-12H2,1-6H3,(H2,18,19,20). The highest BCUT2D eigenvalue weighted by atomic mass is 16.5. The van der Waals surface area contributed by atoms with Crippen molar-refractivity contribution in [3.05, 3.63) is 29.3 Å². The lowest BCUT2D eigenvalue weighted by molar-refractivity contribution is 0.0268. The zero-order chi connectivity index (χ0) is 16.6. The van der Waals surface area contributed by atoms with E-state index in [2.05, 4.69) is 28.6 Å². The highest BCUT2D eigenvalue weighted by molar-refractivity contribution is 5.79. The van der Waals surface area contributed by atoms with Gasteiger partial charge >= 0.3 is 0 Å². The van der Waals surface area contributed by atoms with Gasteiger partial charge in [-0.05, 0) is 44.9 Å². The van der Waals surface area contributed by atoms with Crippen LogP contribution in [0.1, 0.15) is 31.9 Å². The van der Waals surface area contributed by atoms with Gasteiger partial charge in [-0.15, -0.1) is 0 Å². The quantitative estimate of drug-likeness (QED) is 0.600. The lowest BCUT2D eigenvalue weighted by atomic mass is 10.1. The molecule has 0 unspecified atom stereocenters. The Morgan fingerprint density at radius 3 is 2.50 bits per heavy atom. The Labute approximate surface area is 134 Å². The highest BCUT2D eigenvalue weighted by Crippen LogP contribution is 2.18. The molecule has 0 aliphatic carbocycles. The maximum atomic E-state index is 5.41. The van der Waals surface area contributed by atoms with E-state index in [1.54, 1.807) is 14.2 Å². The molecule has 2 N–H and O–H groups in total. The summed E-state index contributed by atoms with van der Waals surface area (Å²) < 4.78 is 10.7. The molecular weight excluding hydrogens is 278 g/mol. The van der Waals surface area contributed by atoms with Gasteiger partial charge in [0, 0.05) is 20.2 Å². The van der Waals surface area contributed by atoms with Gasteiger partial charge in [-0.25, -0.2) is 4.99 Å². The Balaban J connectivity index is 2.71. The Kier molecular flexibility index (Phi) is 7.18. The molecule has 22 heavy (non-hydrogen) atoms. The first-order valence-corrected chi connectivity index (χ1v) is 7.62. The number of benzene rings is 1. The lowest BCUT2D eigenvalue weighted by Crippen LogP contribution is -2.45. The van der Waals surface area contributed by atoms with Gasteiger partial charge < -0.3 is 20.1 Å². The summed E-state index contributed by atoms with van der Waals surface area (Å²) in [6.45, 7) is 10.3. The van der Waals surface area contributed by atoms with Crippen molar-refractivity contribution in [3.63, 3.8) is 0 Å². The van der Waals surface area contributed by atoms with E-state index in [1.165, 1.54) is 0 Å². The third-order valence-corrected chi connectivity index (χ3v) is 3.46. The second kappa shape index (κ2) is 8.63. The Hall–Kier alpha value is -1.75. The predicted octanol–water partition coefficient (Wildman–Crippen LogP) is 2.48. The zero-order valence-electron chi connectivity index (χ0n) is 14.6. The van der Waals surface area contributed by atoms with Crippen molar-refractivity contribution >= 4 is 5.96 Å². The van der Waals surface area contributed by atoms with Gasteiger partial charge in [0.05, 0.1) is 19.3 Å². The average molecular weight is 307 g/mol. The second-order valence-corrected chi connectivity index (χ2v) is 5.82. The number of aliphatic imine (C=N–C) groups is 1. The second-order valence-electron chi connectivity index (χ2n) is 5.82. The van der Waals surface area contributed by atoms with E-state index in [4.69, 9.17) is 9.47 Å². The molecule has 0 radical (unpaired) electrons. The minimum atomic E-state index is -0.229. The minimum Gasteiger partial charge on any atom is -0.496 e. The molecule has 124 valence electrons. The fourth-order valence-corrected chi connectivity index (χ4v) is 1.92. The van der Waals surface area contributed by atoms with Gasteiger partial charge in [-0.3, -0.25) is 0 Å². The predicted molar refractivity (Wildman–Crippen MR) is 91.6 cm³/mol. The number of hydrogen-bond donors (Lipinski definition) is 2. The SMILES string of the molecule is CCNC(=NCc1ccc(OC)c(C)c1)NCC(C)(C)OC. The van der Waals surface area contributed by atoms with Crippen LogP contribution < -0.4 is 15.4 Å². The third-order valence-electron chi connectivity index (χ3n) is 3.46. The molecule has 0 saturated heterocycles. The number of nitrogens with one attached hydrogen (secondary N) is 2. The summed E-state index contributed by atoms with van der Waals surface area (Å²) >= 11 is 0. The van der Waals surface area contributed by atoms with Crippen LogP contribution in [-0.2, 0) is 11.3 Å². The number of rotatable bonds is 7. The van der Waals surface area contributed by atoms with E-state index in [0.29, 0.717) is 13.1 Å². The maximum absolute atomic E-state index is 5.41. The van der Waals surface area contributed by atoms with Crippen LogP contribution in [0.2, 0.25) is 0 Å². The van der Waals surface area contributed by atoms with Gasteiger partial charge in [-0.2, -0.15) is 0 Å². The molecule has 5 heteroatoms. The van der Waals surface area contributed by atoms with Crippen LogP contribution in [-0.4, -0.2) is 38.9 Å². The molecular formula is C17H29N3O2. The average Bonchev–Trinajstić information content (AvgIpc) is 2.50. The largest absolute Gasteiger partial charge is 0.496 e. The van der Waals surface area contributed by atoms with Crippen molar-refractivity contribution in [1.29, 1.82) is 0 Å². The van der Waals surface area contributed by atoms with Gasteiger partial charge in [0.2, 0.25) is 0 Å². The van der Waals surface area contributed by atoms with Crippen LogP contribution in [0.25, 0.3) is 0 Å². The molecule has 0 aliphatic heterocycles. The number of ether oxygens (including phenoxy) is 2. The normalized spacial score (nSPS) is 12.2. The van der Waals surface area contributed by atoms with Crippen molar-refractivity contribution in [3.8, 4) is 5.75 Å². The molecule has 0 atom stereocenters. The van der Waals surface area contributed by atoms with E-state index >= 15 is 0 Å². The molecule has 1 aromatic carbocycles. The van der Waals surface area contributed by atoms with Crippen molar-refractivity contribution < 1.29 is 9.47 Å². The smallest absolute Gasteiger partial charge is 0.191 e. The van der Waals surface area contributed by atoms with Crippen molar-refractivity contribution in [1.82, 2.24) is 10.6 Å². The molecule has 0 aliphatic rings. The Morgan fingerprint density at radius 2 is 1.95 bits per heavy atom. The molecule has 0 bridgehead atoms. The highest BCUT2D eigenvalue weighted by Gasteiger charge is 2.16. The van der Waals surface area contributed by atoms with Crippen molar-refractivity contribution in [2.45, 2.75) is 39.8 Å². The molecule has 1 aromatic rings. The molecule has 0 saturated carbocycles. The Bertz CT molecular complexity index is 499. The van der Waals surface area contributed by atoms with E-state index < -0.39 is 0 Å². The lowest BCUT2D eigenvalue weighted by Gasteiger charge is -2.24. The molecule has 1 rings (SSSR count). The molecule has 0 heterocycles. The summed E-state index contributed by atoms with van der Waals surface area (Å²) in [5.41, 5.74) is 2.04.